The Labute approximate surface area is 139 Å². The number of nitrogens with one attached hydrogen (secondary N) is 3. The van der Waals surface area contributed by atoms with Crippen molar-refractivity contribution in [1.82, 2.24) is 16.0 Å². The number of thiol groups is 1. The lowest BCUT2D eigenvalue weighted by Gasteiger charge is -2.21. The second kappa shape index (κ2) is 10.9. The van der Waals surface area contributed by atoms with Crippen molar-refractivity contribution in [2.75, 3.05) is 18.7 Å². The average molecular weight is 346 g/mol. The zero-order valence-corrected chi connectivity index (χ0v) is 13.1. The first-order valence-corrected chi connectivity index (χ1v) is 7.18. The highest BCUT2D eigenvalue weighted by molar-refractivity contribution is 7.80. The van der Waals surface area contributed by atoms with Crippen molar-refractivity contribution >= 4 is 44.2 Å². The number of hydrogen-bond donors (Lipinski definition) is 7. The summed E-state index contributed by atoms with van der Waals surface area (Å²) < 4.78 is 0. The van der Waals surface area contributed by atoms with Gasteiger partial charge in [-0.25, -0.2) is 4.79 Å². The van der Waals surface area contributed by atoms with Crippen molar-refractivity contribution in [1.29, 1.82) is 0 Å². The van der Waals surface area contributed by atoms with Crippen LogP contribution in [0.25, 0.3) is 0 Å². The summed E-state index contributed by atoms with van der Waals surface area (Å²) in [5, 5.41) is 24.5. The van der Waals surface area contributed by atoms with Crippen LogP contribution in [0.15, 0.2) is 0 Å². The predicted molar refractivity (Wildman–Crippen MR) is 84.2 cm³/mol. The van der Waals surface area contributed by atoms with E-state index in [2.05, 4.69) is 28.6 Å². The van der Waals surface area contributed by atoms with Gasteiger partial charge in [-0.15, -0.1) is 0 Å². The minimum atomic E-state index is -1.47. The summed E-state index contributed by atoms with van der Waals surface area (Å²) in [5.74, 6) is -4.62. The molecule has 0 aromatic carbocycles. The molecule has 7 N–H and O–H groups in total. The molecule has 0 aromatic rings. The monoisotopic (exact) mass is 346 g/mol. The highest BCUT2D eigenvalue weighted by atomic mass is 32.1. The Morgan fingerprint density at radius 1 is 1.09 bits per heavy atom. The number of amides is 2. The van der Waals surface area contributed by atoms with Crippen molar-refractivity contribution in [3.05, 3.63) is 0 Å². The van der Waals surface area contributed by atoms with E-state index in [1.807, 2.05) is 0 Å². The van der Waals surface area contributed by atoms with Crippen LogP contribution in [-0.2, 0) is 19.2 Å². The van der Waals surface area contributed by atoms with Crippen molar-refractivity contribution in [3.8, 4) is 0 Å². The van der Waals surface area contributed by atoms with Gasteiger partial charge < -0.3 is 31.9 Å². The molecule has 0 aromatic heterocycles. The van der Waals surface area contributed by atoms with Crippen LogP contribution in [0.2, 0.25) is 0 Å². The Kier molecular flexibility index (Phi) is 10.0. The number of aliphatic carboxylic acids is 2. The van der Waals surface area contributed by atoms with Crippen LogP contribution in [0.1, 0.15) is 6.42 Å². The lowest BCUT2D eigenvalue weighted by atomic mass is 10.1. The smallest absolute Gasteiger partial charge is 0.327 e. The van der Waals surface area contributed by atoms with E-state index in [0.29, 0.717) is 0 Å². The maximum absolute atomic E-state index is 12.0. The minimum Gasteiger partial charge on any atom is -0.481 e. The zero-order chi connectivity index (χ0) is 18.0. The van der Waals surface area contributed by atoms with E-state index >= 15 is 0 Å². The quantitative estimate of drug-likeness (QED) is 0.149. The summed E-state index contributed by atoms with van der Waals surface area (Å²) >= 11 is 3.77. The van der Waals surface area contributed by atoms with E-state index in [4.69, 9.17) is 23.8 Å². The summed E-state index contributed by atoms with van der Waals surface area (Å²) in [4.78, 5) is 45.4. The summed E-state index contributed by atoms with van der Waals surface area (Å²) in [7, 11) is 5.19. The SMILES string of the molecule is [B]CNC[C@H](N)C(=O)N[C@@H](CC(=O)O)C(=O)N[C@@H](CS)C(=O)O. The molecule has 128 valence electrons. The number of carbonyl (C=O) groups excluding carboxylic acids is 2. The van der Waals surface area contributed by atoms with Crippen molar-refractivity contribution < 1.29 is 29.4 Å². The van der Waals surface area contributed by atoms with Crippen molar-refractivity contribution in [2.45, 2.75) is 24.5 Å². The van der Waals surface area contributed by atoms with Gasteiger partial charge in [-0.3, -0.25) is 14.4 Å². The van der Waals surface area contributed by atoms with E-state index in [-0.39, 0.29) is 18.7 Å². The van der Waals surface area contributed by atoms with Crippen LogP contribution in [0.4, 0.5) is 0 Å². The Morgan fingerprint density at radius 2 is 1.65 bits per heavy atom. The van der Waals surface area contributed by atoms with Gasteiger partial charge in [-0.05, 0) is 6.44 Å². The predicted octanol–water partition coefficient (Wildman–Crippen LogP) is -3.51. The van der Waals surface area contributed by atoms with Crippen LogP contribution in [0.5, 0.6) is 0 Å². The first-order chi connectivity index (χ1) is 10.7. The Hall–Kier alpha value is -1.79. The molecule has 12 heteroatoms. The van der Waals surface area contributed by atoms with Gasteiger partial charge in [-0.1, -0.05) is 0 Å². The van der Waals surface area contributed by atoms with Gasteiger partial charge in [0.25, 0.3) is 0 Å². The van der Waals surface area contributed by atoms with Crippen LogP contribution in [0, 0.1) is 0 Å². The lowest BCUT2D eigenvalue weighted by Crippen LogP contribution is -2.56. The fourth-order valence-corrected chi connectivity index (χ4v) is 1.70. The van der Waals surface area contributed by atoms with E-state index in [9.17, 15) is 19.2 Å². The fraction of sp³-hybridized carbons (Fsp3) is 0.636. The molecule has 3 atom stereocenters. The second-order valence-corrected chi connectivity index (χ2v) is 4.87. The molecule has 0 rings (SSSR count). The molecule has 23 heavy (non-hydrogen) atoms. The number of carbonyl (C=O) groups is 4. The van der Waals surface area contributed by atoms with E-state index in [1.165, 1.54) is 0 Å². The van der Waals surface area contributed by atoms with Crippen molar-refractivity contribution in [2.24, 2.45) is 5.73 Å². The summed E-state index contributed by atoms with van der Waals surface area (Å²) in [6.45, 7) is 0.0259. The van der Waals surface area contributed by atoms with E-state index < -0.39 is 48.3 Å². The van der Waals surface area contributed by atoms with Gasteiger partial charge in [0.1, 0.15) is 12.1 Å². The van der Waals surface area contributed by atoms with Gasteiger partial charge in [-0.2, -0.15) is 12.6 Å². The third-order valence-corrected chi connectivity index (χ3v) is 3.02. The first-order valence-electron chi connectivity index (χ1n) is 6.55. The number of rotatable bonds is 11. The zero-order valence-electron chi connectivity index (χ0n) is 12.2. The number of carboxylic acids is 2. The Morgan fingerprint density at radius 3 is 2.09 bits per heavy atom. The molecule has 0 aliphatic carbocycles. The molecule has 0 fully saturated rings. The average Bonchev–Trinajstić information content (AvgIpc) is 2.48. The topological polar surface area (TPSA) is 171 Å². The van der Waals surface area contributed by atoms with Crippen LogP contribution >= 0.6 is 12.6 Å². The molecule has 0 bridgehead atoms. The lowest BCUT2D eigenvalue weighted by molar-refractivity contribution is -0.142. The molecule has 0 aliphatic rings. The van der Waals surface area contributed by atoms with E-state index in [1.54, 1.807) is 0 Å². The van der Waals surface area contributed by atoms with Gasteiger partial charge in [0, 0.05) is 12.3 Å². The minimum absolute atomic E-state index is 0.0259. The standard InChI is InChI=1S/C11H19BN4O6S/c12-4-14-2-5(13)9(19)15-6(1-8(17)18)10(20)16-7(3-23)11(21)22/h5-7,14,23H,1-4,13H2,(H,15,19)(H,16,20)(H,17,18)(H,21,22)/t5-,6-,7-/m0/s1. The Balaban J connectivity index is 4.86. The molecule has 2 amide bonds. The maximum Gasteiger partial charge on any atom is 0.327 e. The van der Waals surface area contributed by atoms with Gasteiger partial charge in [0.05, 0.1) is 20.3 Å². The highest BCUT2D eigenvalue weighted by Crippen LogP contribution is 1.97. The number of hydrogen-bond acceptors (Lipinski definition) is 7. The summed E-state index contributed by atoms with van der Waals surface area (Å²) in [6.07, 6.45) is -0.643. The highest BCUT2D eigenvalue weighted by Gasteiger charge is 2.28. The van der Waals surface area contributed by atoms with Gasteiger partial charge >= 0.3 is 11.9 Å². The summed E-state index contributed by atoms with van der Waals surface area (Å²) in [6, 6.07) is -3.83. The molecule has 0 heterocycles. The molecule has 10 nitrogen and oxygen atoms in total. The molecular weight excluding hydrogens is 327 g/mol. The molecule has 0 saturated carbocycles. The van der Waals surface area contributed by atoms with Gasteiger partial charge in [0.15, 0.2) is 0 Å². The van der Waals surface area contributed by atoms with Crippen LogP contribution in [-0.4, -0.2) is 78.7 Å². The first kappa shape index (κ1) is 21.2. The molecule has 0 spiro atoms. The van der Waals surface area contributed by atoms with Crippen LogP contribution < -0.4 is 21.7 Å². The van der Waals surface area contributed by atoms with Gasteiger partial charge in [0.2, 0.25) is 11.8 Å². The second-order valence-electron chi connectivity index (χ2n) is 4.51. The Bertz CT molecular complexity index is 452. The molecule has 0 saturated heterocycles. The van der Waals surface area contributed by atoms with Crippen LogP contribution in [0.3, 0.4) is 0 Å². The molecule has 0 aliphatic heterocycles. The third-order valence-electron chi connectivity index (χ3n) is 2.65. The van der Waals surface area contributed by atoms with E-state index in [0.717, 1.165) is 0 Å². The summed E-state index contributed by atoms with van der Waals surface area (Å²) in [5.41, 5.74) is 5.54. The fourth-order valence-electron chi connectivity index (χ4n) is 1.45. The third kappa shape index (κ3) is 8.42. The largest absolute Gasteiger partial charge is 0.481 e. The normalized spacial score (nSPS) is 14.3. The molecule has 2 radical (unpaired) electrons. The number of nitrogens with two attached hydrogens (primary N) is 1. The maximum atomic E-state index is 12.0. The number of carboxylic acid groups (broad SMARTS) is 2. The molecule has 0 unspecified atom stereocenters. The molecular formula is C11H19BN4O6S. The van der Waals surface area contributed by atoms with Crippen molar-refractivity contribution in [3.63, 3.8) is 0 Å².